The highest BCUT2D eigenvalue weighted by atomic mass is 35.5. The second-order valence-electron chi connectivity index (χ2n) is 2.62. The Labute approximate surface area is 75.2 Å². The summed E-state index contributed by atoms with van der Waals surface area (Å²) in [5.41, 5.74) is 5.53. The first-order valence-electron chi connectivity index (χ1n) is 3.17. The molecule has 0 saturated heterocycles. The summed E-state index contributed by atoms with van der Waals surface area (Å²) in [5, 5.41) is 2.17. The molecule has 0 aliphatic carbocycles. The second-order valence-corrected chi connectivity index (χ2v) is 2.84. The molecule has 0 spiro atoms. The molecule has 0 saturated carbocycles. The van der Waals surface area contributed by atoms with Crippen LogP contribution in [-0.2, 0) is 9.53 Å². The molecule has 0 aliphatic heterocycles. The van der Waals surface area contributed by atoms with Crippen molar-refractivity contribution in [2.45, 2.75) is 19.4 Å². The summed E-state index contributed by atoms with van der Waals surface area (Å²) in [7, 11) is 0. The van der Waals surface area contributed by atoms with E-state index in [2.05, 4.69) is 10.1 Å². The molecule has 0 aromatic heterocycles. The Hall–Kier alpha value is -0.970. The summed E-state index contributed by atoms with van der Waals surface area (Å²) in [6.45, 7) is 2.80. The van der Waals surface area contributed by atoms with E-state index in [4.69, 9.17) is 17.3 Å². The molecule has 0 heterocycles. The Bertz CT molecular complexity index is 193. The van der Waals surface area contributed by atoms with E-state index in [9.17, 15) is 9.59 Å². The largest absolute Gasteiger partial charge is 0.433 e. The Balaban J connectivity index is 4.06. The minimum atomic E-state index is -1.23. The fourth-order valence-corrected chi connectivity index (χ4v) is 0.497. The lowest BCUT2D eigenvalue weighted by Crippen LogP contribution is -2.50. The first-order chi connectivity index (χ1) is 5.40. The molecule has 1 radical (unpaired) electrons. The Morgan fingerprint density at radius 1 is 1.58 bits per heavy atom. The topological polar surface area (TPSA) is 79.2 Å². The third kappa shape index (κ3) is 3.43. The van der Waals surface area contributed by atoms with Crippen LogP contribution in [0.15, 0.2) is 0 Å². The SMILES string of the molecule is CC(C)(NC(=O)OCCl)C([NH])=O. The van der Waals surface area contributed by atoms with E-state index in [0.29, 0.717) is 0 Å². The molecule has 0 bridgehead atoms. The molecule has 0 aromatic rings. The van der Waals surface area contributed by atoms with Gasteiger partial charge in [0.05, 0.1) is 0 Å². The van der Waals surface area contributed by atoms with Gasteiger partial charge in [0.15, 0.2) is 6.07 Å². The number of amides is 2. The molecule has 69 valence electrons. The van der Waals surface area contributed by atoms with Crippen LogP contribution >= 0.6 is 11.6 Å². The zero-order chi connectivity index (χ0) is 9.78. The number of carbonyl (C=O) groups excluding carboxylic acids is 2. The van der Waals surface area contributed by atoms with Crippen molar-refractivity contribution in [3.8, 4) is 0 Å². The molecule has 5 nitrogen and oxygen atoms in total. The highest BCUT2D eigenvalue weighted by Gasteiger charge is 2.27. The van der Waals surface area contributed by atoms with E-state index in [0.717, 1.165) is 0 Å². The summed E-state index contributed by atoms with van der Waals surface area (Å²) in [6.07, 6.45) is -0.810. The molecule has 0 rings (SSSR count). The number of halogens is 1. The van der Waals surface area contributed by atoms with Gasteiger partial charge in [-0.15, -0.1) is 0 Å². The van der Waals surface area contributed by atoms with Gasteiger partial charge >= 0.3 is 6.09 Å². The zero-order valence-corrected chi connectivity index (χ0v) is 7.57. The molecule has 12 heavy (non-hydrogen) atoms. The maximum Gasteiger partial charge on any atom is 0.409 e. The van der Waals surface area contributed by atoms with Crippen LogP contribution in [0.5, 0.6) is 0 Å². The molecular weight excluding hydrogens is 184 g/mol. The van der Waals surface area contributed by atoms with Crippen molar-refractivity contribution in [2.75, 3.05) is 6.07 Å². The predicted molar refractivity (Wildman–Crippen MR) is 42.5 cm³/mol. The summed E-state index contributed by atoms with van der Waals surface area (Å²) in [4.78, 5) is 21.3. The van der Waals surface area contributed by atoms with E-state index in [1.54, 1.807) is 0 Å². The van der Waals surface area contributed by atoms with Crippen LogP contribution in [0.1, 0.15) is 13.8 Å². The van der Waals surface area contributed by atoms with Gasteiger partial charge in [-0.25, -0.2) is 4.79 Å². The third-order valence-corrected chi connectivity index (χ3v) is 1.28. The minimum absolute atomic E-state index is 0.284. The fourth-order valence-electron chi connectivity index (χ4n) is 0.398. The molecule has 0 fully saturated rings. The van der Waals surface area contributed by atoms with Crippen molar-refractivity contribution in [1.82, 2.24) is 11.1 Å². The zero-order valence-electron chi connectivity index (χ0n) is 6.81. The quantitative estimate of drug-likeness (QED) is 0.663. The summed E-state index contributed by atoms with van der Waals surface area (Å²) in [5.74, 6) is -0.894. The van der Waals surface area contributed by atoms with E-state index < -0.39 is 17.5 Å². The first kappa shape index (κ1) is 11.0. The van der Waals surface area contributed by atoms with Crippen molar-refractivity contribution in [3.63, 3.8) is 0 Å². The molecule has 0 unspecified atom stereocenters. The monoisotopic (exact) mass is 193 g/mol. The maximum absolute atomic E-state index is 10.7. The highest BCUT2D eigenvalue weighted by molar-refractivity contribution is 6.17. The number of rotatable bonds is 3. The number of hydrogen-bond acceptors (Lipinski definition) is 3. The number of ether oxygens (including phenoxy) is 1. The average molecular weight is 194 g/mol. The van der Waals surface area contributed by atoms with Crippen LogP contribution in [0.2, 0.25) is 0 Å². The molecule has 0 aliphatic rings. The van der Waals surface area contributed by atoms with Gasteiger partial charge in [0.1, 0.15) is 5.54 Å². The third-order valence-electron chi connectivity index (χ3n) is 1.17. The Morgan fingerprint density at radius 3 is 2.42 bits per heavy atom. The molecule has 0 atom stereocenters. The predicted octanol–water partition coefficient (Wildman–Crippen LogP) is 0.497. The van der Waals surface area contributed by atoms with Gasteiger partial charge in [-0.3, -0.25) is 10.5 Å². The fraction of sp³-hybridized carbons (Fsp3) is 0.667. The minimum Gasteiger partial charge on any atom is -0.433 e. The van der Waals surface area contributed by atoms with Crippen LogP contribution in [0.25, 0.3) is 0 Å². The van der Waals surface area contributed by atoms with Gasteiger partial charge in [0.2, 0.25) is 0 Å². The lowest BCUT2D eigenvalue weighted by Gasteiger charge is -2.20. The number of hydrogen-bond donors (Lipinski definition) is 1. The summed E-state index contributed by atoms with van der Waals surface area (Å²) >= 11 is 5.09. The van der Waals surface area contributed by atoms with E-state index in [1.807, 2.05) is 0 Å². The number of alkyl halides is 1. The number of nitrogens with one attached hydrogen (secondary N) is 2. The van der Waals surface area contributed by atoms with Gasteiger partial charge in [0, 0.05) is 0 Å². The molecule has 2 amide bonds. The van der Waals surface area contributed by atoms with Crippen LogP contribution in [0, 0.1) is 0 Å². The van der Waals surface area contributed by atoms with Gasteiger partial charge < -0.3 is 10.1 Å². The van der Waals surface area contributed by atoms with Crippen LogP contribution in [-0.4, -0.2) is 23.6 Å². The molecular formula is C6H10ClN2O3. The lowest BCUT2D eigenvalue weighted by atomic mass is 10.1. The standard InChI is InChI=1S/C6H10ClN2O3/c1-6(2,4(8)10)9-5(11)12-3-7/h8H,3H2,1-2H3,(H,9,11). The molecule has 0 aromatic carbocycles. The molecule has 6 heteroatoms. The Morgan fingerprint density at radius 2 is 2.08 bits per heavy atom. The molecule has 2 N–H and O–H groups in total. The van der Waals surface area contributed by atoms with Crippen molar-refractivity contribution >= 4 is 23.6 Å². The van der Waals surface area contributed by atoms with Crippen molar-refractivity contribution in [2.24, 2.45) is 0 Å². The van der Waals surface area contributed by atoms with Gasteiger partial charge in [0.25, 0.3) is 5.91 Å². The van der Waals surface area contributed by atoms with Crippen molar-refractivity contribution < 1.29 is 14.3 Å². The normalized spacial score (nSPS) is 10.6. The van der Waals surface area contributed by atoms with Crippen LogP contribution in [0.3, 0.4) is 0 Å². The van der Waals surface area contributed by atoms with Crippen LogP contribution < -0.4 is 11.1 Å². The summed E-state index contributed by atoms with van der Waals surface area (Å²) in [6, 6.07) is -0.284. The lowest BCUT2D eigenvalue weighted by molar-refractivity contribution is -0.123. The first-order valence-corrected chi connectivity index (χ1v) is 3.70. The number of alkyl carbamates (subject to hydrolysis) is 1. The van der Waals surface area contributed by atoms with E-state index in [-0.39, 0.29) is 6.07 Å². The van der Waals surface area contributed by atoms with Crippen molar-refractivity contribution in [1.29, 1.82) is 0 Å². The van der Waals surface area contributed by atoms with Crippen molar-refractivity contribution in [3.05, 3.63) is 0 Å². The highest BCUT2D eigenvalue weighted by Crippen LogP contribution is 2.01. The van der Waals surface area contributed by atoms with E-state index in [1.165, 1.54) is 13.8 Å². The van der Waals surface area contributed by atoms with E-state index >= 15 is 0 Å². The number of carbonyl (C=O) groups is 2. The maximum atomic E-state index is 10.7. The van der Waals surface area contributed by atoms with Gasteiger partial charge in [-0.1, -0.05) is 11.6 Å². The average Bonchev–Trinajstić information content (AvgIpc) is 1.85. The summed E-state index contributed by atoms with van der Waals surface area (Å²) < 4.78 is 4.31. The Kier molecular flexibility index (Phi) is 3.82. The van der Waals surface area contributed by atoms with Gasteiger partial charge in [-0.05, 0) is 13.8 Å². The van der Waals surface area contributed by atoms with Gasteiger partial charge in [-0.2, -0.15) is 0 Å². The van der Waals surface area contributed by atoms with Crippen LogP contribution in [0.4, 0.5) is 4.79 Å². The smallest absolute Gasteiger partial charge is 0.409 e. The second kappa shape index (κ2) is 4.15.